The highest BCUT2D eigenvalue weighted by atomic mass is 35.5. The zero-order chi connectivity index (χ0) is 14.0. The highest BCUT2D eigenvalue weighted by molar-refractivity contribution is 6.33. The van der Waals surface area contributed by atoms with Gasteiger partial charge in [-0.25, -0.2) is 4.98 Å². The number of aromatic nitrogens is 1. The number of hydrogen-bond acceptors (Lipinski definition) is 4. The molecule has 1 aromatic heterocycles. The number of likely N-dealkylation sites (tertiary alicyclic amines) is 1. The first kappa shape index (κ1) is 14.1. The van der Waals surface area contributed by atoms with Crippen LogP contribution in [0.25, 0.3) is 0 Å². The maximum absolute atomic E-state index is 12.5. The van der Waals surface area contributed by atoms with Crippen LogP contribution >= 0.6 is 11.6 Å². The fourth-order valence-electron chi connectivity index (χ4n) is 2.41. The van der Waals surface area contributed by atoms with E-state index in [0.717, 1.165) is 6.42 Å². The van der Waals surface area contributed by atoms with Gasteiger partial charge in [0, 0.05) is 13.6 Å². The van der Waals surface area contributed by atoms with Crippen molar-refractivity contribution in [2.75, 3.05) is 25.5 Å². The molecule has 1 aliphatic heterocycles. The number of halogens is 1. The van der Waals surface area contributed by atoms with E-state index in [0.29, 0.717) is 23.3 Å². The predicted octanol–water partition coefficient (Wildman–Crippen LogP) is 1.62. The Morgan fingerprint density at radius 3 is 3.00 bits per heavy atom. The minimum absolute atomic E-state index is 0.0315. The van der Waals surface area contributed by atoms with E-state index in [4.69, 9.17) is 11.6 Å². The number of aliphatic hydroxyl groups is 1. The summed E-state index contributed by atoms with van der Waals surface area (Å²) in [6, 6.07) is 3.22. The van der Waals surface area contributed by atoms with E-state index in [1.807, 2.05) is 6.92 Å². The molecule has 0 radical (unpaired) electrons. The van der Waals surface area contributed by atoms with Gasteiger partial charge < -0.3 is 15.3 Å². The Labute approximate surface area is 117 Å². The van der Waals surface area contributed by atoms with Crippen LogP contribution in [0.5, 0.6) is 0 Å². The van der Waals surface area contributed by atoms with Crippen molar-refractivity contribution in [2.45, 2.75) is 19.4 Å². The molecule has 1 fully saturated rings. The Morgan fingerprint density at radius 2 is 2.37 bits per heavy atom. The fraction of sp³-hybridized carbons (Fsp3) is 0.538. The average Bonchev–Trinajstić information content (AvgIpc) is 2.79. The lowest BCUT2D eigenvalue weighted by Gasteiger charge is -2.25. The van der Waals surface area contributed by atoms with Crippen molar-refractivity contribution in [3.8, 4) is 0 Å². The monoisotopic (exact) mass is 283 g/mol. The van der Waals surface area contributed by atoms with Crippen LogP contribution in [-0.4, -0.2) is 47.1 Å². The van der Waals surface area contributed by atoms with Crippen molar-refractivity contribution < 1.29 is 9.90 Å². The molecular formula is C13H18ClN3O2. The Hall–Kier alpha value is -1.33. The number of pyridine rings is 1. The standard InChI is InChI=1S/C13H18ClN3O2/c1-8-5-6-17(10(8)7-18)13(19)12-9(14)3-4-11(15-2)16-12/h3-4,8,10,18H,5-7H2,1-2H3,(H,15,16). The third kappa shape index (κ3) is 2.67. The summed E-state index contributed by atoms with van der Waals surface area (Å²) in [5.41, 5.74) is 0.237. The van der Waals surface area contributed by atoms with Gasteiger partial charge in [-0.3, -0.25) is 4.79 Å². The first-order valence-corrected chi connectivity index (χ1v) is 6.72. The molecule has 0 saturated carbocycles. The summed E-state index contributed by atoms with van der Waals surface area (Å²) in [6.45, 7) is 2.64. The summed E-state index contributed by atoms with van der Waals surface area (Å²) in [4.78, 5) is 18.4. The number of nitrogens with zero attached hydrogens (tertiary/aromatic N) is 2. The van der Waals surface area contributed by atoms with Crippen LogP contribution in [0.15, 0.2) is 12.1 Å². The molecule has 0 aliphatic carbocycles. The molecule has 5 nitrogen and oxygen atoms in total. The molecule has 2 atom stereocenters. The lowest BCUT2D eigenvalue weighted by molar-refractivity contribution is 0.0642. The molecule has 2 unspecified atom stereocenters. The van der Waals surface area contributed by atoms with Crippen molar-refractivity contribution in [3.05, 3.63) is 22.8 Å². The van der Waals surface area contributed by atoms with Crippen LogP contribution in [0.3, 0.4) is 0 Å². The van der Waals surface area contributed by atoms with Gasteiger partial charge in [0.1, 0.15) is 11.5 Å². The third-order valence-corrected chi connectivity index (χ3v) is 3.94. The van der Waals surface area contributed by atoms with Gasteiger partial charge in [0.15, 0.2) is 0 Å². The Bertz CT molecular complexity index is 481. The Morgan fingerprint density at radius 1 is 1.63 bits per heavy atom. The average molecular weight is 284 g/mol. The maximum atomic E-state index is 12.5. The number of anilines is 1. The summed E-state index contributed by atoms with van der Waals surface area (Å²) >= 11 is 6.05. The second-order valence-corrected chi connectivity index (χ2v) is 5.20. The van der Waals surface area contributed by atoms with Crippen LogP contribution in [0, 0.1) is 5.92 Å². The highest BCUT2D eigenvalue weighted by Gasteiger charge is 2.35. The number of carbonyl (C=O) groups is 1. The number of amides is 1. The van der Waals surface area contributed by atoms with Gasteiger partial charge in [0.25, 0.3) is 5.91 Å². The topological polar surface area (TPSA) is 65.5 Å². The number of aliphatic hydroxyl groups excluding tert-OH is 1. The molecule has 1 aliphatic rings. The predicted molar refractivity (Wildman–Crippen MR) is 74.5 cm³/mol. The molecule has 2 rings (SSSR count). The van der Waals surface area contributed by atoms with Gasteiger partial charge >= 0.3 is 0 Å². The molecule has 2 N–H and O–H groups in total. The normalized spacial score (nSPS) is 22.6. The molecule has 0 spiro atoms. The van der Waals surface area contributed by atoms with E-state index in [9.17, 15) is 9.90 Å². The minimum atomic E-state index is -0.217. The van der Waals surface area contributed by atoms with Crippen molar-refractivity contribution in [1.82, 2.24) is 9.88 Å². The van der Waals surface area contributed by atoms with Crippen molar-refractivity contribution in [3.63, 3.8) is 0 Å². The molecule has 2 heterocycles. The quantitative estimate of drug-likeness (QED) is 0.885. The Balaban J connectivity index is 2.29. The first-order chi connectivity index (χ1) is 9.08. The van der Waals surface area contributed by atoms with Crippen molar-refractivity contribution in [1.29, 1.82) is 0 Å². The van der Waals surface area contributed by atoms with Crippen LogP contribution in [0.2, 0.25) is 5.02 Å². The van der Waals surface area contributed by atoms with E-state index in [1.54, 1.807) is 24.1 Å². The van der Waals surface area contributed by atoms with Crippen LogP contribution in [0.4, 0.5) is 5.82 Å². The van der Waals surface area contributed by atoms with E-state index >= 15 is 0 Å². The van der Waals surface area contributed by atoms with Gasteiger partial charge in [-0.2, -0.15) is 0 Å². The number of rotatable bonds is 3. The second kappa shape index (κ2) is 5.75. The number of carbonyl (C=O) groups excluding carboxylic acids is 1. The van der Waals surface area contributed by atoms with Gasteiger partial charge in [-0.05, 0) is 24.5 Å². The molecule has 19 heavy (non-hydrogen) atoms. The van der Waals surface area contributed by atoms with Gasteiger partial charge in [-0.15, -0.1) is 0 Å². The summed E-state index contributed by atoms with van der Waals surface area (Å²) in [6.07, 6.45) is 0.889. The fourth-order valence-corrected chi connectivity index (χ4v) is 2.59. The minimum Gasteiger partial charge on any atom is -0.394 e. The summed E-state index contributed by atoms with van der Waals surface area (Å²) < 4.78 is 0. The van der Waals surface area contributed by atoms with E-state index in [2.05, 4.69) is 10.3 Å². The second-order valence-electron chi connectivity index (χ2n) is 4.79. The SMILES string of the molecule is CNc1ccc(Cl)c(C(=O)N2CCC(C)C2CO)n1. The Kier molecular flexibility index (Phi) is 4.27. The molecule has 1 aromatic rings. The van der Waals surface area contributed by atoms with E-state index in [1.165, 1.54) is 0 Å². The molecule has 1 saturated heterocycles. The molecule has 6 heteroatoms. The lowest BCUT2D eigenvalue weighted by Crippen LogP contribution is -2.40. The van der Waals surface area contributed by atoms with Crippen LogP contribution in [-0.2, 0) is 0 Å². The lowest BCUT2D eigenvalue weighted by atomic mass is 10.0. The first-order valence-electron chi connectivity index (χ1n) is 6.34. The highest BCUT2D eigenvalue weighted by Crippen LogP contribution is 2.27. The van der Waals surface area contributed by atoms with Gasteiger partial charge in [0.2, 0.25) is 0 Å². The summed E-state index contributed by atoms with van der Waals surface area (Å²) in [7, 11) is 1.74. The molecule has 0 bridgehead atoms. The van der Waals surface area contributed by atoms with E-state index in [-0.39, 0.29) is 24.2 Å². The largest absolute Gasteiger partial charge is 0.394 e. The van der Waals surface area contributed by atoms with Crippen LogP contribution in [0.1, 0.15) is 23.8 Å². The number of nitrogens with one attached hydrogen (secondary N) is 1. The van der Waals surface area contributed by atoms with Crippen molar-refractivity contribution >= 4 is 23.3 Å². The van der Waals surface area contributed by atoms with E-state index < -0.39 is 0 Å². The molecule has 104 valence electrons. The zero-order valence-corrected chi connectivity index (χ0v) is 11.8. The zero-order valence-electron chi connectivity index (χ0n) is 11.1. The molecule has 1 amide bonds. The summed E-state index contributed by atoms with van der Waals surface area (Å²) in [5, 5.41) is 12.6. The maximum Gasteiger partial charge on any atom is 0.274 e. The van der Waals surface area contributed by atoms with Gasteiger partial charge in [0.05, 0.1) is 17.7 Å². The smallest absolute Gasteiger partial charge is 0.274 e. The van der Waals surface area contributed by atoms with Gasteiger partial charge in [-0.1, -0.05) is 18.5 Å². The molecule has 0 aromatic carbocycles. The summed E-state index contributed by atoms with van der Waals surface area (Å²) in [5.74, 6) is 0.672. The third-order valence-electron chi connectivity index (χ3n) is 3.64. The van der Waals surface area contributed by atoms with Crippen LogP contribution < -0.4 is 5.32 Å². The number of hydrogen-bond donors (Lipinski definition) is 2. The molecular weight excluding hydrogens is 266 g/mol. The van der Waals surface area contributed by atoms with Crippen molar-refractivity contribution in [2.24, 2.45) is 5.92 Å².